The highest BCUT2D eigenvalue weighted by atomic mass is 32.2. The summed E-state index contributed by atoms with van der Waals surface area (Å²) in [6.07, 6.45) is 2.44. The van der Waals surface area contributed by atoms with Crippen LogP contribution in [0, 0.1) is 0 Å². The molecule has 0 saturated carbocycles. The van der Waals surface area contributed by atoms with E-state index in [0.29, 0.717) is 22.2 Å². The number of nitrogens with zero attached hydrogens (tertiary/aromatic N) is 1. The van der Waals surface area contributed by atoms with Crippen molar-refractivity contribution in [3.8, 4) is 5.75 Å². The van der Waals surface area contributed by atoms with E-state index >= 15 is 0 Å². The predicted molar refractivity (Wildman–Crippen MR) is 114 cm³/mol. The van der Waals surface area contributed by atoms with Crippen LogP contribution in [0.15, 0.2) is 46.7 Å². The van der Waals surface area contributed by atoms with E-state index in [9.17, 15) is 14.7 Å². The van der Waals surface area contributed by atoms with Gasteiger partial charge in [-0.05, 0) is 48.6 Å². The lowest BCUT2D eigenvalue weighted by molar-refractivity contribution is -0.132. The molecule has 0 radical (unpaired) electrons. The van der Waals surface area contributed by atoms with Gasteiger partial charge >= 0.3 is 0 Å². The molecule has 5 nitrogen and oxygen atoms in total. The predicted octanol–water partition coefficient (Wildman–Crippen LogP) is 3.40. The molecule has 2 N–H and O–H groups in total. The van der Waals surface area contributed by atoms with Crippen LogP contribution in [0.4, 0.5) is 0 Å². The van der Waals surface area contributed by atoms with Gasteiger partial charge in [-0.1, -0.05) is 42.2 Å². The Kier molecular flexibility index (Phi) is 6.30. The highest BCUT2D eigenvalue weighted by molar-refractivity contribution is 8.26. The number of phenols is 1. The number of thiophene rings is 1. The molecule has 2 amide bonds. The van der Waals surface area contributed by atoms with E-state index in [0.717, 1.165) is 10.4 Å². The summed E-state index contributed by atoms with van der Waals surface area (Å²) in [5.74, 6) is -0.275. The molecule has 8 heteroatoms. The van der Waals surface area contributed by atoms with Gasteiger partial charge in [0.15, 0.2) is 0 Å². The lowest BCUT2D eigenvalue weighted by Gasteiger charge is -2.22. The number of hydrogen-bond donors (Lipinski definition) is 2. The van der Waals surface area contributed by atoms with Crippen LogP contribution in [0.5, 0.6) is 5.75 Å². The molecule has 0 unspecified atom stereocenters. The van der Waals surface area contributed by atoms with Crippen molar-refractivity contribution in [2.75, 3.05) is 6.54 Å². The minimum absolute atomic E-state index is 0.210. The molecule has 0 bridgehead atoms. The zero-order valence-corrected chi connectivity index (χ0v) is 17.0. The Bertz CT molecular complexity index is 876. The summed E-state index contributed by atoms with van der Waals surface area (Å²) in [6, 6.07) is 10.0. The van der Waals surface area contributed by atoms with Gasteiger partial charge < -0.3 is 10.4 Å². The van der Waals surface area contributed by atoms with E-state index in [1.54, 1.807) is 36.5 Å². The molecule has 3 rings (SSSR count). The van der Waals surface area contributed by atoms with Crippen molar-refractivity contribution in [3.05, 3.63) is 57.1 Å². The molecule has 1 atom stereocenters. The first-order chi connectivity index (χ1) is 13.0. The normalized spacial score (nSPS) is 16.8. The molecule has 0 aliphatic carbocycles. The van der Waals surface area contributed by atoms with E-state index < -0.39 is 6.04 Å². The molecule has 2 heterocycles. The molecule has 1 aliphatic heterocycles. The van der Waals surface area contributed by atoms with Gasteiger partial charge in [-0.2, -0.15) is 0 Å². The monoisotopic (exact) mass is 418 g/mol. The van der Waals surface area contributed by atoms with Crippen molar-refractivity contribution < 1.29 is 14.7 Å². The zero-order chi connectivity index (χ0) is 19.4. The average molecular weight is 419 g/mol. The summed E-state index contributed by atoms with van der Waals surface area (Å²) in [7, 11) is 0. The van der Waals surface area contributed by atoms with Crippen LogP contribution in [0.25, 0.3) is 6.08 Å². The Morgan fingerprint density at radius 1 is 1.33 bits per heavy atom. The van der Waals surface area contributed by atoms with Crippen molar-refractivity contribution in [2.45, 2.75) is 19.4 Å². The minimum Gasteiger partial charge on any atom is -0.508 e. The second kappa shape index (κ2) is 8.69. The first-order valence-electron chi connectivity index (χ1n) is 8.32. The Morgan fingerprint density at radius 2 is 2.07 bits per heavy atom. The van der Waals surface area contributed by atoms with Gasteiger partial charge in [-0.25, -0.2) is 0 Å². The van der Waals surface area contributed by atoms with Crippen molar-refractivity contribution in [3.63, 3.8) is 0 Å². The van der Waals surface area contributed by atoms with Gasteiger partial charge in [0.2, 0.25) is 5.91 Å². The minimum atomic E-state index is -0.674. The SMILES string of the molecule is C[C@@H](C(=O)NCCc1ccc(O)cc1)N1C(=O)/C(=C\c2cccs2)SC1=S. The molecule has 1 fully saturated rings. The lowest BCUT2D eigenvalue weighted by Crippen LogP contribution is -2.47. The zero-order valence-electron chi connectivity index (χ0n) is 14.5. The Morgan fingerprint density at radius 3 is 2.74 bits per heavy atom. The second-order valence-electron chi connectivity index (χ2n) is 5.95. The number of nitrogens with one attached hydrogen (secondary N) is 1. The third-order valence-corrected chi connectivity index (χ3v) is 6.21. The van der Waals surface area contributed by atoms with Crippen molar-refractivity contribution in [1.29, 1.82) is 0 Å². The highest BCUT2D eigenvalue weighted by Gasteiger charge is 2.38. The second-order valence-corrected chi connectivity index (χ2v) is 8.61. The number of phenolic OH excluding ortho intramolecular Hbond substituents is 1. The number of aromatic hydroxyl groups is 1. The number of carbonyl (C=O) groups excluding carboxylic acids is 2. The molecule has 1 aromatic heterocycles. The van der Waals surface area contributed by atoms with Crippen LogP contribution in [0.2, 0.25) is 0 Å². The first kappa shape index (κ1) is 19.6. The fourth-order valence-electron chi connectivity index (χ4n) is 2.57. The molecule has 1 aliphatic rings. The van der Waals surface area contributed by atoms with E-state index in [-0.39, 0.29) is 17.6 Å². The van der Waals surface area contributed by atoms with Gasteiger partial charge in [0.05, 0.1) is 4.91 Å². The van der Waals surface area contributed by atoms with Crippen LogP contribution in [0.1, 0.15) is 17.4 Å². The van der Waals surface area contributed by atoms with Crippen molar-refractivity contribution >= 4 is 57.5 Å². The number of carbonyl (C=O) groups is 2. The van der Waals surface area contributed by atoms with E-state index in [1.807, 2.05) is 29.6 Å². The molecule has 0 spiro atoms. The average Bonchev–Trinajstić information content (AvgIpc) is 3.24. The third-order valence-electron chi connectivity index (χ3n) is 4.06. The summed E-state index contributed by atoms with van der Waals surface area (Å²) >= 11 is 8.07. The summed E-state index contributed by atoms with van der Waals surface area (Å²) in [5.41, 5.74) is 1.00. The Balaban J connectivity index is 1.58. The maximum atomic E-state index is 12.7. The van der Waals surface area contributed by atoms with Gasteiger partial charge in [0.25, 0.3) is 5.91 Å². The van der Waals surface area contributed by atoms with Crippen molar-refractivity contribution in [1.82, 2.24) is 10.2 Å². The van der Waals surface area contributed by atoms with Crippen LogP contribution in [-0.4, -0.2) is 38.7 Å². The molecule has 140 valence electrons. The number of amides is 2. The van der Waals surface area contributed by atoms with E-state index in [1.165, 1.54) is 16.7 Å². The molecule has 1 saturated heterocycles. The number of benzene rings is 1. The van der Waals surface area contributed by atoms with Gasteiger partial charge in [0.1, 0.15) is 16.1 Å². The molecule has 1 aromatic carbocycles. The Labute approximate surface area is 171 Å². The lowest BCUT2D eigenvalue weighted by atomic mass is 10.1. The number of hydrogen-bond acceptors (Lipinski definition) is 6. The van der Waals surface area contributed by atoms with E-state index in [4.69, 9.17) is 12.2 Å². The number of rotatable bonds is 6. The van der Waals surface area contributed by atoms with E-state index in [2.05, 4.69) is 5.32 Å². The fourth-order valence-corrected chi connectivity index (χ4v) is 4.72. The van der Waals surface area contributed by atoms with Crippen molar-refractivity contribution in [2.24, 2.45) is 0 Å². The summed E-state index contributed by atoms with van der Waals surface area (Å²) < 4.78 is 0.393. The quantitative estimate of drug-likeness (QED) is 0.556. The summed E-state index contributed by atoms with van der Waals surface area (Å²) in [6.45, 7) is 2.11. The standard InChI is InChI=1S/C19H18N2O3S3/c1-12(17(23)20-9-8-13-4-6-14(22)7-5-13)21-18(24)16(27-19(21)25)11-15-3-2-10-26-15/h2-7,10-12,22H,8-9H2,1H3,(H,20,23)/b16-11+/t12-/m0/s1. The van der Waals surface area contributed by atoms with Crippen LogP contribution < -0.4 is 5.32 Å². The molecule has 2 aromatic rings. The smallest absolute Gasteiger partial charge is 0.266 e. The largest absolute Gasteiger partial charge is 0.508 e. The van der Waals surface area contributed by atoms with Crippen LogP contribution >= 0.6 is 35.3 Å². The third kappa shape index (κ3) is 4.77. The Hall–Kier alpha value is -2.16. The topological polar surface area (TPSA) is 69.6 Å². The number of thioether (sulfide) groups is 1. The number of thiocarbonyl (C=S) groups is 1. The highest BCUT2D eigenvalue weighted by Crippen LogP contribution is 2.34. The summed E-state index contributed by atoms with van der Waals surface area (Å²) in [5, 5.41) is 14.1. The first-order valence-corrected chi connectivity index (χ1v) is 10.4. The maximum Gasteiger partial charge on any atom is 0.266 e. The van der Waals surface area contributed by atoms with Gasteiger partial charge in [-0.3, -0.25) is 14.5 Å². The molecular weight excluding hydrogens is 400 g/mol. The molecular formula is C19H18N2O3S3. The fraction of sp³-hybridized carbons (Fsp3) is 0.211. The van der Waals surface area contributed by atoms with Crippen LogP contribution in [-0.2, 0) is 16.0 Å². The van der Waals surface area contributed by atoms with Crippen LogP contribution in [0.3, 0.4) is 0 Å². The summed E-state index contributed by atoms with van der Waals surface area (Å²) in [4.78, 5) is 28.0. The maximum absolute atomic E-state index is 12.7. The molecule has 27 heavy (non-hydrogen) atoms. The van der Waals surface area contributed by atoms with Gasteiger partial charge in [0, 0.05) is 11.4 Å². The van der Waals surface area contributed by atoms with Gasteiger partial charge in [-0.15, -0.1) is 11.3 Å².